The number of rotatable bonds is 3. The molecule has 0 aliphatic carbocycles. The molecule has 0 unspecified atom stereocenters. The normalized spacial score (nSPS) is 11.0. The van der Waals surface area contributed by atoms with Gasteiger partial charge in [-0.2, -0.15) is 0 Å². The average molecular weight is 430 g/mol. The number of nitrogens with zero attached hydrogens (tertiary/aromatic N) is 3. The van der Waals surface area contributed by atoms with Crippen LogP contribution in [0.5, 0.6) is 0 Å². The van der Waals surface area contributed by atoms with E-state index < -0.39 is 9.84 Å². The summed E-state index contributed by atoms with van der Waals surface area (Å²) < 4.78 is 23.5. The van der Waals surface area contributed by atoms with Crippen molar-refractivity contribution in [3.8, 4) is 11.8 Å². The highest BCUT2D eigenvalue weighted by Crippen LogP contribution is 2.25. The second-order valence-corrected chi connectivity index (χ2v) is 9.03. The number of fused-ring (bicyclic) bond motifs is 1. The highest BCUT2D eigenvalue weighted by atomic mass is 32.2. The molecule has 0 amide bonds. The van der Waals surface area contributed by atoms with Gasteiger partial charge in [0.05, 0.1) is 10.5 Å². The molecule has 4 rings (SSSR count). The van der Waals surface area contributed by atoms with Crippen molar-refractivity contribution in [3.63, 3.8) is 0 Å². The minimum absolute atomic E-state index is 0.276. The molecule has 0 radical (unpaired) electrons. The second kappa shape index (κ2) is 8.05. The lowest BCUT2D eigenvalue weighted by atomic mass is 10.1. The second-order valence-electron chi connectivity index (χ2n) is 7.01. The number of hydrogen-bond donors (Lipinski definition) is 2. The van der Waals surface area contributed by atoms with Gasteiger partial charge in [-0.1, -0.05) is 5.92 Å². The molecule has 0 bridgehead atoms. The summed E-state index contributed by atoms with van der Waals surface area (Å²) in [6, 6.07) is 12.2. The van der Waals surface area contributed by atoms with Crippen molar-refractivity contribution in [3.05, 3.63) is 77.9 Å². The van der Waals surface area contributed by atoms with Crippen LogP contribution < -0.4 is 11.1 Å². The van der Waals surface area contributed by atoms with Gasteiger partial charge in [-0.15, -0.1) is 0 Å². The highest BCUT2D eigenvalue weighted by Gasteiger charge is 2.10. The highest BCUT2D eigenvalue weighted by molar-refractivity contribution is 7.90. The number of nitrogens with two attached hydrogens (primary N) is 1. The van der Waals surface area contributed by atoms with E-state index in [0.717, 1.165) is 22.0 Å². The van der Waals surface area contributed by atoms with Crippen LogP contribution in [0.4, 0.5) is 17.3 Å². The molecule has 31 heavy (non-hydrogen) atoms. The number of aryl methyl sites for hydroxylation is 1. The maximum absolute atomic E-state index is 11.8. The van der Waals surface area contributed by atoms with Crippen molar-refractivity contribution >= 4 is 37.9 Å². The van der Waals surface area contributed by atoms with E-state index in [2.05, 4.69) is 32.1 Å². The van der Waals surface area contributed by atoms with Crippen LogP contribution >= 0.6 is 0 Å². The average Bonchev–Trinajstić information content (AvgIpc) is 2.74. The first kappa shape index (κ1) is 20.3. The number of sulfone groups is 1. The Labute approximate surface area is 180 Å². The fourth-order valence-corrected chi connectivity index (χ4v) is 3.73. The van der Waals surface area contributed by atoms with E-state index in [1.165, 1.54) is 6.26 Å². The number of nitrogens with one attached hydrogen (secondary N) is 1. The number of nitrogen functional groups attached to an aromatic ring is 1. The molecule has 0 aliphatic rings. The van der Waals surface area contributed by atoms with Gasteiger partial charge in [-0.05, 0) is 60.9 Å². The van der Waals surface area contributed by atoms with Crippen molar-refractivity contribution in [1.82, 2.24) is 15.0 Å². The molecule has 0 fully saturated rings. The van der Waals surface area contributed by atoms with E-state index in [1.54, 1.807) is 48.9 Å². The molecule has 0 aliphatic heterocycles. The fourth-order valence-electron chi connectivity index (χ4n) is 3.03. The first-order valence-corrected chi connectivity index (χ1v) is 11.3. The molecule has 0 spiro atoms. The van der Waals surface area contributed by atoms with Gasteiger partial charge < -0.3 is 11.1 Å². The Bertz CT molecular complexity index is 1470. The Morgan fingerprint density at radius 3 is 2.58 bits per heavy atom. The lowest BCUT2D eigenvalue weighted by molar-refractivity contribution is 0.602. The molecule has 4 aromatic rings. The van der Waals surface area contributed by atoms with Crippen LogP contribution in [0, 0.1) is 18.8 Å². The quantitative estimate of drug-likeness (QED) is 0.480. The molecule has 8 heteroatoms. The molecule has 7 nitrogen and oxygen atoms in total. The third-order valence-electron chi connectivity index (χ3n) is 4.69. The van der Waals surface area contributed by atoms with Crippen LogP contribution in [0.15, 0.2) is 66.0 Å². The standard InChI is InChI=1S/C23H19N5O2S/c1-15-12-18(31(2,29)30)6-8-20(15)28-22-13-19-17(14-27-22)9-11-25-21(19)7-5-16-4-3-10-26-23(16)24/h3-4,6,8-14H,1-2H3,(H2,24,26)(H,27,28). The number of benzene rings is 1. The molecular weight excluding hydrogens is 410 g/mol. The molecule has 3 N–H and O–H groups in total. The van der Waals surface area contributed by atoms with Crippen molar-refractivity contribution in [2.45, 2.75) is 11.8 Å². The smallest absolute Gasteiger partial charge is 0.175 e. The van der Waals surface area contributed by atoms with Crippen LogP contribution in [0.2, 0.25) is 0 Å². The van der Waals surface area contributed by atoms with Crippen LogP contribution in [-0.4, -0.2) is 29.6 Å². The van der Waals surface area contributed by atoms with Gasteiger partial charge in [0.2, 0.25) is 0 Å². The van der Waals surface area contributed by atoms with Gasteiger partial charge in [-0.3, -0.25) is 0 Å². The van der Waals surface area contributed by atoms with E-state index >= 15 is 0 Å². The van der Waals surface area contributed by atoms with Crippen LogP contribution in [0.3, 0.4) is 0 Å². The number of hydrogen-bond acceptors (Lipinski definition) is 7. The van der Waals surface area contributed by atoms with Gasteiger partial charge >= 0.3 is 0 Å². The molecule has 0 saturated heterocycles. The van der Waals surface area contributed by atoms with Crippen LogP contribution in [0.25, 0.3) is 10.8 Å². The fraction of sp³-hybridized carbons (Fsp3) is 0.0870. The van der Waals surface area contributed by atoms with Gasteiger partial charge in [0, 0.05) is 41.3 Å². The van der Waals surface area contributed by atoms with E-state index in [4.69, 9.17) is 5.73 Å². The molecule has 154 valence electrons. The van der Waals surface area contributed by atoms with Gasteiger partial charge in [0.25, 0.3) is 0 Å². The summed E-state index contributed by atoms with van der Waals surface area (Å²) in [4.78, 5) is 13.2. The van der Waals surface area contributed by atoms with Crippen molar-refractivity contribution in [2.24, 2.45) is 0 Å². The minimum Gasteiger partial charge on any atom is -0.383 e. The Kier molecular flexibility index (Phi) is 5.28. The molecule has 3 heterocycles. The lowest BCUT2D eigenvalue weighted by Gasteiger charge is -2.11. The SMILES string of the molecule is Cc1cc(S(C)(=O)=O)ccc1Nc1cc2c(C#Cc3cccnc3N)nccc2cn1. The Hall–Kier alpha value is -3.96. The van der Waals surface area contributed by atoms with Gasteiger partial charge in [0.15, 0.2) is 9.84 Å². The number of anilines is 3. The van der Waals surface area contributed by atoms with Crippen molar-refractivity contribution in [2.75, 3.05) is 17.3 Å². The predicted molar refractivity (Wildman–Crippen MR) is 122 cm³/mol. The molecule has 3 aromatic heterocycles. The summed E-state index contributed by atoms with van der Waals surface area (Å²) >= 11 is 0. The van der Waals surface area contributed by atoms with E-state index in [9.17, 15) is 8.42 Å². The maximum atomic E-state index is 11.8. The Morgan fingerprint density at radius 2 is 1.84 bits per heavy atom. The van der Waals surface area contributed by atoms with Crippen molar-refractivity contribution in [1.29, 1.82) is 0 Å². The monoisotopic (exact) mass is 429 g/mol. The first-order chi connectivity index (χ1) is 14.8. The first-order valence-electron chi connectivity index (χ1n) is 9.36. The summed E-state index contributed by atoms with van der Waals surface area (Å²) in [5.74, 6) is 7.05. The third-order valence-corrected chi connectivity index (χ3v) is 5.80. The largest absolute Gasteiger partial charge is 0.383 e. The third kappa shape index (κ3) is 4.47. The van der Waals surface area contributed by atoms with E-state index in [-0.39, 0.29) is 4.90 Å². The van der Waals surface area contributed by atoms with E-state index in [1.807, 2.05) is 19.1 Å². The topological polar surface area (TPSA) is 111 Å². The molecule has 0 atom stereocenters. The summed E-state index contributed by atoms with van der Waals surface area (Å²) in [5.41, 5.74) is 8.65. The predicted octanol–water partition coefficient (Wildman–Crippen LogP) is 3.46. The van der Waals surface area contributed by atoms with Gasteiger partial charge in [0.1, 0.15) is 17.3 Å². The van der Waals surface area contributed by atoms with Crippen molar-refractivity contribution < 1.29 is 8.42 Å². The van der Waals surface area contributed by atoms with Gasteiger partial charge in [-0.25, -0.2) is 23.4 Å². The Morgan fingerprint density at radius 1 is 1.00 bits per heavy atom. The van der Waals surface area contributed by atoms with Crippen LogP contribution in [0.1, 0.15) is 16.8 Å². The summed E-state index contributed by atoms with van der Waals surface area (Å²) in [6.07, 6.45) is 6.23. The summed E-state index contributed by atoms with van der Waals surface area (Å²) in [7, 11) is -3.26. The molecular formula is C23H19N5O2S. The lowest BCUT2D eigenvalue weighted by Crippen LogP contribution is -2.00. The zero-order chi connectivity index (χ0) is 22.0. The molecule has 1 aromatic carbocycles. The zero-order valence-electron chi connectivity index (χ0n) is 16.9. The minimum atomic E-state index is -3.26. The summed E-state index contributed by atoms with van der Waals surface area (Å²) in [5, 5.41) is 4.97. The van der Waals surface area contributed by atoms with Crippen LogP contribution in [-0.2, 0) is 9.84 Å². The zero-order valence-corrected chi connectivity index (χ0v) is 17.7. The Balaban J connectivity index is 1.70. The maximum Gasteiger partial charge on any atom is 0.175 e. The number of aromatic nitrogens is 3. The number of pyridine rings is 3. The van der Waals surface area contributed by atoms with E-state index in [0.29, 0.717) is 22.9 Å². The summed E-state index contributed by atoms with van der Waals surface area (Å²) in [6.45, 7) is 1.84. The molecule has 0 saturated carbocycles.